The van der Waals surface area contributed by atoms with Gasteiger partial charge in [0.05, 0.1) is 17.8 Å². The highest BCUT2D eigenvalue weighted by Gasteiger charge is 2.31. The summed E-state index contributed by atoms with van der Waals surface area (Å²) in [5, 5.41) is 13.6. The Morgan fingerprint density at radius 3 is 2.81 bits per heavy atom. The lowest BCUT2D eigenvalue weighted by atomic mass is 9.91. The van der Waals surface area contributed by atoms with E-state index in [9.17, 15) is 0 Å². The highest BCUT2D eigenvalue weighted by molar-refractivity contribution is 5.34. The number of aryl methyl sites for hydroxylation is 1. The summed E-state index contributed by atoms with van der Waals surface area (Å²) < 4.78 is 2.06. The number of piperazine rings is 1. The molecule has 0 spiro atoms. The minimum absolute atomic E-state index is 0.353. The van der Waals surface area contributed by atoms with Crippen molar-refractivity contribution in [2.45, 2.75) is 38.3 Å². The van der Waals surface area contributed by atoms with Crippen molar-refractivity contribution in [2.24, 2.45) is 7.05 Å². The number of rotatable bonds is 3. The van der Waals surface area contributed by atoms with E-state index in [-0.39, 0.29) is 0 Å². The van der Waals surface area contributed by atoms with E-state index in [1.165, 1.54) is 29.7 Å². The van der Waals surface area contributed by atoms with Crippen LogP contribution in [-0.2, 0) is 13.5 Å². The predicted octanol–water partition coefficient (Wildman–Crippen LogP) is 3.05. The zero-order chi connectivity index (χ0) is 18.1. The molecule has 1 aliphatic heterocycles. The van der Waals surface area contributed by atoms with E-state index in [0.29, 0.717) is 12.1 Å². The lowest BCUT2D eigenvalue weighted by Gasteiger charge is -2.42. The third kappa shape index (κ3) is 3.15. The van der Waals surface area contributed by atoms with Gasteiger partial charge in [-0.15, -0.1) is 0 Å². The molecule has 1 aromatic carbocycles. The largest absolute Gasteiger partial charge is 0.294 e. The molecule has 5 nitrogen and oxygen atoms in total. The average molecular weight is 349 g/mol. The van der Waals surface area contributed by atoms with Crippen LogP contribution in [0.1, 0.15) is 54.2 Å². The average Bonchev–Trinajstić information content (AvgIpc) is 3.09. The van der Waals surface area contributed by atoms with Crippen molar-refractivity contribution in [1.82, 2.24) is 19.6 Å². The maximum atomic E-state index is 9.14. The van der Waals surface area contributed by atoms with Crippen molar-refractivity contribution < 1.29 is 0 Å². The summed E-state index contributed by atoms with van der Waals surface area (Å²) in [5.74, 6) is 0. The Morgan fingerprint density at radius 2 is 2.04 bits per heavy atom. The van der Waals surface area contributed by atoms with Gasteiger partial charge >= 0.3 is 0 Å². The van der Waals surface area contributed by atoms with E-state index >= 15 is 0 Å². The number of hydrogen-bond acceptors (Lipinski definition) is 4. The van der Waals surface area contributed by atoms with Crippen LogP contribution in [-0.4, -0.2) is 45.8 Å². The molecule has 2 aliphatic rings. The van der Waals surface area contributed by atoms with Gasteiger partial charge < -0.3 is 0 Å². The summed E-state index contributed by atoms with van der Waals surface area (Å²) in [4.78, 5) is 5.19. The second-order valence-electron chi connectivity index (χ2n) is 7.56. The summed E-state index contributed by atoms with van der Waals surface area (Å²) in [5.41, 5.74) is 4.86. The standard InChI is InChI=1S/C21H27N5/c1-16(18-6-3-5-17(13-18)14-22)25-9-11-26(12-10-25)21-8-4-7-20-19(21)15-23-24(20)2/h3,5-6,13,15-16,21H,4,7-12H2,1-2H3/t16-,21+/m1/s1. The second kappa shape index (κ2) is 7.22. The van der Waals surface area contributed by atoms with Crippen LogP contribution in [0.2, 0.25) is 0 Å². The van der Waals surface area contributed by atoms with Crippen molar-refractivity contribution in [3.63, 3.8) is 0 Å². The van der Waals surface area contributed by atoms with Gasteiger partial charge in [0.25, 0.3) is 0 Å². The molecule has 0 radical (unpaired) electrons. The van der Waals surface area contributed by atoms with Crippen LogP contribution in [0.3, 0.4) is 0 Å². The van der Waals surface area contributed by atoms with Gasteiger partial charge in [-0.2, -0.15) is 10.4 Å². The maximum absolute atomic E-state index is 9.14. The zero-order valence-corrected chi connectivity index (χ0v) is 15.7. The summed E-state index contributed by atoms with van der Waals surface area (Å²) in [6.07, 6.45) is 5.75. The van der Waals surface area contributed by atoms with E-state index in [1.807, 2.05) is 18.2 Å². The van der Waals surface area contributed by atoms with Crippen molar-refractivity contribution in [2.75, 3.05) is 26.2 Å². The number of benzene rings is 1. The Kier molecular flexibility index (Phi) is 4.80. The van der Waals surface area contributed by atoms with Gasteiger partial charge in [0, 0.05) is 56.6 Å². The third-order valence-electron chi connectivity index (χ3n) is 6.18. The normalized spacial score (nSPS) is 22.6. The van der Waals surface area contributed by atoms with Gasteiger partial charge in [-0.25, -0.2) is 0 Å². The zero-order valence-electron chi connectivity index (χ0n) is 15.7. The van der Waals surface area contributed by atoms with Crippen LogP contribution in [0.25, 0.3) is 0 Å². The van der Waals surface area contributed by atoms with Crippen molar-refractivity contribution in [3.8, 4) is 6.07 Å². The molecule has 2 aromatic rings. The lowest BCUT2D eigenvalue weighted by Crippen LogP contribution is -2.48. The quantitative estimate of drug-likeness (QED) is 0.854. The van der Waals surface area contributed by atoms with E-state index in [4.69, 9.17) is 5.26 Å². The summed E-state index contributed by atoms with van der Waals surface area (Å²) in [6, 6.07) is 11.2. The van der Waals surface area contributed by atoms with E-state index in [1.54, 1.807) is 0 Å². The molecule has 4 rings (SSSR count). The Bertz CT molecular complexity index is 810. The van der Waals surface area contributed by atoms with Crippen molar-refractivity contribution >= 4 is 0 Å². The second-order valence-corrected chi connectivity index (χ2v) is 7.56. The minimum atomic E-state index is 0.353. The van der Waals surface area contributed by atoms with Crippen LogP contribution in [0, 0.1) is 11.3 Å². The van der Waals surface area contributed by atoms with E-state index in [0.717, 1.165) is 38.2 Å². The molecule has 0 bridgehead atoms. The molecular formula is C21H27N5. The van der Waals surface area contributed by atoms with Crippen molar-refractivity contribution in [3.05, 3.63) is 52.8 Å². The molecule has 1 saturated heterocycles. The van der Waals surface area contributed by atoms with Gasteiger partial charge in [0.1, 0.15) is 0 Å². The smallest absolute Gasteiger partial charge is 0.0991 e. The van der Waals surface area contributed by atoms with Gasteiger partial charge in [-0.3, -0.25) is 14.5 Å². The summed E-state index contributed by atoms with van der Waals surface area (Å²) in [6.45, 7) is 6.60. The molecule has 1 fully saturated rings. The highest BCUT2D eigenvalue weighted by atomic mass is 15.3. The number of nitriles is 1. The maximum Gasteiger partial charge on any atom is 0.0991 e. The molecule has 0 N–H and O–H groups in total. The first-order valence-electron chi connectivity index (χ1n) is 9.66. The topological polar surface area (TPSA) is 48.1 Å². The van der Waals surface area contributed by atoms with Crippen LogP contribution in [0.4, 0.5) is 0 Å². The Morgan fingerprint density at radius 1 is 1.23 bits per heavy atom. The van der Waals surface area contributed by atoms with E-state index in [2.05, 4.69) is 51.9 Å². The van der Waals surface area contributed by atoms with E-state index < -0.39 is 0 Å². The SMILES string of the molecule is C[C@H](c1cccc(C#N)c1)N1CCN([C@H]2CCCc3c2cnn3C)CC1. The fourth-order valence-corrected chi connectivity index (χ4v) is 4.58. The van der Waals surface area contributed by atoms with Gasteiger partial charge in [-0.1, -0.05) is 12.1 Å². The first-order valence-corrected chi connectivity index (χ1v) is 9.66. The Hall–Kier alpha value is -2.16. The van der Waals surface area contributed by atoms with Crippen LogP contribution >= 0.6 is 0 Å². The lowest BCUT2D eigenvalue weighted by molar-refractivity contribution is 0.0670. The molecule has 26 heavy (non-hydrogen) atoms. The first-order chi connectivity index (χ1) is 12.7. The molecule has 1 aromatic heterocycles. The Balaban J connectivity index is 1.42. The summed E-state index contributed by atoms with van der Waals surface area (Å²) in [7, 11) is 2.07. The Labute approximate surface area is 155 Å². The minimum Gasteiger partial charge on any atom is -0.294 e. The molecule has 136 valence electrons. The van der Waals surface area contributed by atoms with Gasteiger partial charge in [0.15, 0.2) is 0 Å². The van der Waals surface area contributed by atoms with Crippen molar-refractivity contribution in [1.29, 1.82) is 5.26 Å². The number of nitrogens with zero attached hydrogens (tertiary/aromatic N) is 5. The fourth-order valence-electron chi connectivity index (χ4n) is 4.58. The fraction of sp³-hybridized carbons (Fsp3) is 0.524. The number of aromatic nitrogens is 2. The molecule has 1 aliphatic carbocycles. The number of hydrogen-bond donors (Lipinski definition) is 0. The van der Waals surface area contributed by atoms with Gasteiger partial charge in [0.2, 0.25) is 0 Å². The van der Waals surface area contributed by atoms with Gasteiger partial charge in [-0.05, 0) is 43.9 Å². The van der Waals surface area contributed by atoms with Crippen LogP contribution < -0.4 is 0 Å². The molecule has 2 atom stereocenters. The monoisotopic (exact) mass is 349 g/mol. The first kappa shape index (κ1) is 17.3. The predicted molar refractivity (Wildman–Crippen MR) is 102 cm³/mol. The highest BCUT2D eigenvalue weighted by Crippen LogP contribution is 2.35. The molecule has 2 heterocycles. The van der Waals surface area contributed by atoms with Crippen LogP contribution in [0.5, 0.6) is 0 Å². The molecule has 0 unspecified atom stereocenters. The third-order valence-corrected chi connectivity index (χ3v) is 6.18. The molecule has 5 heteroatoms. The van der Waals surface area contributed by atoms with Crippen LogP contribution in [0.15, 0.2) is 30.5 Å². The number of fused-ring (bicyclic) bond motifs is 1. The molecule has 0 amide bonds. The summed E-state index contributed by atoms with van der Waals surface area (Å²) >= 11 is 0. The molecular weight excluding hydrogens is 322 g/mol. The molecule has 0 saturated carbocycles.